The van der Waals surface area contributed by atoms with Gasteiger partial charge in [0.2, 0.25) is 21.8 Å². The monoisotopic (exact) mass is 527 g/mol. The molecular formula is C24H31Cl2N3O4S. The van der Waals surface area contributed by atoms with E-state index in [0.29, 0.717) is 22.3 Å². The highest BCUT2D eigenvalue weighted by atomic mass is 35.5. The van der Waals surface area contributed by atoms with Gasteiger partial charge in [0.1, 0.15) is 6.04 Å². The van der Waals surface area contributed by atoms with Crippen molar-refractivity contribution in [3.63, 3.8) is 0 Å². The zero-order valence-electron chi connectivity index (χ0n) is 19.6. The number of halogens is 2. The van der Waals surface area contributed by atoms with Crippen LogP contribution in [0.25, 0.3) is 0 Å². The number of nitrogens with one attached hydrogen (secondary N) is 1. The third-order valence-electron chi connectivity index (χ3n) is 5.23. The second kappa shape index (κ2) is 13.0. The Morgan fingerprint density at radius 3 is 2.32 bits per heavy atom. The van der Waals surface area contributed by atoms with Crippen LogP contribution >= 0.6 is 23.2 Å². The summed E-state index contributed by atoms with van der Waals surface area (Å²) in [4.78, 5) is 27.3. The van der Waals surface area contributed by atoms with Crippen LogP contribution in [0, 0.1) is 0 Å². The summed E-state index contributed by atoms with van der Waals surface area (Å²) in [5.41, 5.74) is 1.28. The number of sulfonamides is 1. The van der Waals surface area contributed by atoms with Crippen LogP contribution in [0.3, 0.4) is 0 Å². The minimum atomic E-state index is -3.57. The topological polar surface area (TPSA) is 86.8 Å². The number of hydrogen-bond donors (Lipinski definition) is 1. The van der Waals surface area contributed by atoms with Crippen LogP contribution < -0.4 is 9.62 Å². The fraction of sp³-hybridized carbons (Fsp3) is 0.417. The highest BCUT2D eigenvalue weighted by molar-refractivity contribution is 7.92. The van der Waals surface area contributed by atoms with Gasteiger partial charge in [-0.3, -0.25) is 13.9 Å². The maximum Gasteiger partial charge on any atom is 0.242 e. The van der Waals surface area contributed by atoms with Gasteiger partial charge in [0.25, 0.3) is 0 Å². The van der Waals surface area contributed by atoms with Crippen LogP contribution in [0.2, 0.25) is 10.0 Å². The van der Waals surface area contributed by atoms with Crippen LogP contribution in [0.4, 0.5) is 5.69 Å². The lowest BCUT2D eigenvalue weighted by atomic mass is 10.1. The molecule has 2 aromatic rings. The minimum Gasteiger partial charge on any atom is -0.354 e. The Morgan fingerprint density at radius 2 is 1.74 bits per heavy atom. The lowest BCUT2D eigenvalue weighted by Crippen LogP contribution is -2.47. The van der Waals surface area contributed by atoms with Crippen molar-refractivity contribution < 1.29 is 18.0 Å². The zero-order chi connectivity index (χ0) is 25.3. The molecule has 2 amide bonds. The van der Waals surface area contributed by atoms with Crippen molar-refractivity contribution in [3.8, 4) is 0 Å². The fourth-order valence-electron chi connectivity index (χ4n) is 3.40. The number of carbonyl (C=O) groups excluding carboxylic acids is 2. The number of rotatable bonds is 12. The maximum atomic E-state index is 13.2. The number of hydrogen-bond acceptors (Lipinski definition) is 4. The van der Waals surface area contributed by atoms with Gasteiger partial charge >= 0.3 is 0 Å². The van der Waals surface area contributed by atoms with E-state index in [4.69, 9.17) is 23.2 Å². The number of carbonyl (C=O) groups is 2. The third-order valence-corrected chi connectivity index (χ3v) is 6.91. The molecule has 1 N–H and O–H groups in total. The van der Waals surface area contributed by atoms with E-state index in [9.17, 15) is 18.0 Å². The second-order valence-corrected chi connectivity index (χ2v) is 10.8. The van der Waals surface area contributed by atoms with Crippen molar-refractivity contribution >= 4 is 50.7 Å². The largest absolute Gasteiger partial charge is 0.354 e. The molecule has 0 unspecified atom stereocenters. The van der Waals surface area contributed by atoms with E-state index in [-0.39, 0.29) is 37.7 Å². The Balaban J connectivity index is 2.14. The number of nitrogens with zero attached hydrogens (tertiary/aromatic N) is 2. The lowest BCUT2D eigenvalue weighted by molar-refractivity contribution is -0.140. The molecular weight excluding hydrogens is 497 g/mol. The van der Waals surface area contributed by atoms with E-state index < -0.39 is 16.1 Å². The Labute approximate surface area is 212 Å². The van der Waals surface area contributed by atoms with Crippen molar-refractivity contribution in [2.24, 2.45) is 0 Å². The summed E-state index contributed by atoms with van der Waals surface area (Å²) in [6, 6.07) is 13.0. The van der Waals surface area contributed by atoms with Gasteiger partial charge in [-0.05, 0) is 55.7 Å². The van der Waals surface area contributed by atoms with Crippen molar-refractivity contribution in [2.75, 3.05) is 23.7 Å². The molecule has 0 heterocycles. The first kappa shape index (κ1) is 28.0. The number of amides is 2. The molecule has 0 aromatic heterocycles. The molecule has 0 aliphatic heterocycles. The molecule has 0 aliphatic rings. The molecule has 0 spiro atoms. The third kappa shape index (κ3) is 8.49. The summed E-state index contributed by atoms with van der Waals surface area (Å²) >= 11 is 12.0. The predicted molar refractivity (Wildman–Crippen MR) is 138 cm³/mol. The maximum absolute atomic E-state index is 13.2. The summed E-state index contributed by atoms with van der Waals surface area (Å²) in [5, 5.41) is 3.83. The summed E-state index contributed by atoms with van der Waals surface area (Å²) in [5.74, 6) is -0.477. The van der Waals surface area contributed by atoms with E-state index in [0.717, 1.165) is 18.2 Å². The Bertz CT molecular complexity index is 1080. The van der Waals surface area contributed by atoms with Crippen LogP contribution in [-0.2, 0) is 26.2 Å². The standard InChI is InChI=1S/C24H31Cl2N3O4S/c1-4-14-27-24(31)18(2)28(17-19-10-12-20(25)13-11-19)23(30)9-6-15-29(34(3,32)33)22-8-5-7-21(26)16-22/h5,7-8,10-13,16,18H,4,6,9,14-15,17H2,1-3H3,(H,27,31)/t18-/m0/s1. The van der Waals surface area contributed by atoms with Crippen LogP contribution in [0.5, 0.6) is 0 Å². The molecule has 10 heteroatoms. The first-order valence-corrected chi connectivity index (χ1v) is 13.7. The summed E-state index contributed by atoms with van der Waals surface area (Å²) in [6.07, 6.45) is 2.25. The molecule has 0 bridgehead atoms. The minimum absolute atomic E-state index is 0.0750. The highest BCUT2D eigenvalue weighted by Crippen LogP contribution is 2.23. The van der Waals surface area contributed by atoms with Gasteiger partial charge in [-0.25, -0.2) is 8.42 Å². The van der Waals surface area contributed by atoms with Gasteiger partial charge < -0.3 is 10.2 Å². The predicted octanol–water partition coefficient (Wildman–Crippen LogP) is 4.48. The Kier molecular flexibility index (Phi) is 10.7. The quantitative estimate of drug-likeness (QED) is 0.440. The van der Waals surface area contributed by atoms with Gasteiger partial charge in [-0.1, -0.05) is 48.3 Å². The molecule has 186 valence electrons. The summed E-state index contributed by atoms with van der Waals surface area (Å²) in [7, 11) is -3.57. The van der Waals surface area contributed by atoms with Crippen molar-refractivity contribution in [1.29, 1.82) is 0 Å². The molecule has 0 radical (unpaired) electrons. The molecule has 2 rings (SSSR count). The van der Waals surface area contributed by atoms with Crippen molar-refractivity contribution in [1.82, 2.24) is 10.2 Å². The summed E-state index contributed by atoms with van der Waals surface area (Å²) < 4.78 is 25.9. The lowest BCUT2D eigenvalue weighted by Gasteiger charge is -2.29. The fourth-order valence-corrected chi connectivity index (χ4v) is 4.67. The van der Waals surface area contributed by atoms with Crippen LogP contribution in [-0.4, -0.2) is 50.5 Å². The number of anilines is 1. The smallest absolute Gasteiger partial charge is 0.242 e. The Morgan fingerprint density at radius 1 is 1.06 bits per heavy atom. The molecule has 0 aliphatic carbocycles. The van der Waals surface area contributed by atoms with Crippen LogP contribution in [0.1, 0.15) is 38.7 Å². The number of benzene rings is 2. The molecule has 2 aromatic carbocycles. The average molecular weight is 529 g/mol. The van der Waals surface area contributed by atoms with E-state index in [1.807, 2.05) is 19.1 Å². The second-order valence-electron chi connectivity index (χ2n) is 8.03. The average Bonchev–Trinajstić information content (AvgIpc) is 2.78. The van der Waals surface area contributed by atoms with E-state index >= 15 is 0 Å². The molecule has 1 atom stereocenters. The normalized spacial score (nSPS) is 12.1. The molecule has 0 fully saturated rings. The first-order valence-electron chi connectivity index (χ1n) is 11.1. The van der Waals surface area contributed by atoms with E-state index in [1.54, 1.807) is 43.3 Å². The van der Waals surface area contributed by atoms with Gasteiger partial charge in [-0.15, -0.1) is 0 Å². The van der Waals surface area contributed by atoms with Crippen molar-refractivity contribution in [2.45, 2.75) is 45.7 Å². The molecule has 0 saturated heterocycles. The van der Waals surface area contributed by atoms with Gasteiger partial charge in [-0.2, -0.15) is 0 Å². The van der Waals surface area contributed by atoms with Crippen LogP contribution in [0.15, 0.2) is 48.5 Å². The Hall–Kier alpha value is -2.29. The molecule has 7 nitrogen and oxygen atoms in total. The van der Waals surface area contributed by atoms with Gasteiger partial charge in [0.05, 0.1) is 11.9 Å². The molecule has 34 heavy (non-hydrogen) atoms. The first-order chi connectivity index (χ1) is 16.0. The summed E-state index contributed by atoms with van der Waals surface area (Å²) in [6.45, 7) is 4.51. The zero-order valence-corrected chi connectivity index (χ0v) is 22.0. The highest BCUT2D eigenvalue weighted by Gasteiger charge is 2.26. The van der Waals surface area contributed by atoms with Gasteiger partial charge in [0.15, 0.2) is 0 Å². The SMILES string of the molecule is CCCNC(=O)[C@H](C)N(Cc1ccc(Cl)cc1)C(=O)CCCN(c1cccc(Cl)c1)S(C)(=O)=O. The van der Waals surface area contributed by atoms with E-state index in [2.05, 4.69) is 5.32 Å². The van der Waals surface area contributed by atoms with E-state index in [1.165, 1.54) is 9.21 Å². The molecule has 0 saturated carbocycles. The van der Waals surface area contributed by atoms with Gasteiger partial charge in [0, 0.05) is 36.1 Å². The van der Waals surface area contributed by atoms with Crippen molar-refractivity contribution in [3.05, 3.63) is 64.1 Å².